The van der Waals surface area contributed by atoms with Crippen LogP contribution >= 0.6 is 0 Å². The van der Waals surface area contributed by atoms with E-state index in [0.29, 0.717) is 0 Å². The van der Waals surface area contributed by atoms with Gasteiger partial charge in [0.05, 0.1) is 39.8 Å². The third-order valence-electron chi connectivity index (χ3n) is 7.73. The Morgan fingerprint density at radius 3 is 1.68 bits per heavy atom. The van der Waals surface area contributed by atoms with Crippen molar-refractivity contribution in [2.24, 2.45) is 0 Å². The average Bonchev–Trinajstić information content (AvgIpc) is 2.98. The molecule has 1 atom stereocenters. The van der Waals surface area contributed by atoms with Gasteiger partial charge in [-0.3, -0.25) is 0 Å². The van der Waals surface area contributed by atoms with E-state index in [1.54, 1.807) is 14.2 Å². The Labute approximate surface area is 288 Å². The van der Waals surface area contributed by atoms with Gasteiger partial charge < -0.3 is 27.6 Å². The van der Waals surface area contributed by atoms with Gasteiger partial charge in [-0.25, -0.2) is 0 Å². The summed E-state index contributed by atoms with van der Waals surface area (Å²) in [6, 6.07) is 25.6. The Morgan fingerprint density at radius 1 is 0.773 bits per heavy atom. The van der Waals surface area contributed by atoms with Crippen molar-refractivity contribution in [3.8, 4) is 11.5 Å². The van der Waals surface area contributed by atoms with Crippen molar-refractivity contribution < 1.29 is 67.1 Å². The van der Waals surface area contributed by atoms with E-state index in [1.165, 1.54) is 6.61 Å². The predicted molar refractivity (Wildman–Crippen MR) is 171 cm³/mol. The molecule has 0 amide bonds. The Hall–Kier alpha value is -1.68. The van der Waals surface area contributed by atoms with Crippen LogP contribution in [-0.4, -0.2) is 63.1 Å². The molecule has 0 spiro atoms. The summed E-state index contributed by atoms with van der Waals surface area (Å²) in [6.07, 6.45) is 0.441. The molecule has 0 unspecified atom stereocenters. The standard InChI is InChI=1S/C33H45O8SSi.U/c1-32(2,3)43(7,8)41-25-31(38-22-23-40-42(6,34)35)24-39-33(26-12-10-9-11-13-26,27-14-18-29(36-4)19-15-27)28-16-20-30(37-5)21-17-28;/h9-22,31H,23-25H2,1-8H3;/q-1;/t31-;/m1./s1. The molecule has 0 bridgehead atoms. The van der Waals surface area contributed by atoms with E-state index in [4.69, 9.17) is 27.6 Å². The van der Waals surface area contributed by atoms with Crippen LogP contribution in [0.2, 0.25) is 18.1 Å². The first-order chi connectivity index (χ1) is 20.2. The molecular formula is C33H45O8SSiU-. The van der Waals surface area contributed by atoms with Gasteiger partial charge in [0, 0.05) is 31.1 Å². The third kappa shape index (κ3) is 10.4. The zero-order valence-electron chi connectivity index (χ0n) is 27.0. The van der Waals surface area contributed by atoms with Crippen LogP contribution in [0.4, 0.5) is 0 Å². The summed E-state index contributed by atoms with van der Waals surface area (Å²) < 4.78 is 58.3. The SMILES string of the molecule is COc1ccc(C(OC[C@H](CO[Si](C)(C)C(C)(C)C)O[CH-]COS(C)(=O)=O)(c2ccccc2)c2ccc(OC)cc2)cc1.[U]. The van der Waals surface area contributed by atoms with Crippen LogP contribution in [0.1, 0.15) is 37.5 Å². The molecule has 0 N–H and O–H groups in total. The van der Waals surface area contributed by atoms with Gasteiger partial charge in [-0.1, -0.05) is 75.4 Å². The van der Waals surface area contributed by atoms with Crippen LogP contribution in [0.15, 0.2) is 78.9 Å². The molecule has 11 heteroatoms. The molecule has 0 saturated carbocycles. The summed E-state index contributed by atoms with van der Waals surface area (Å²) in [6.45, 7) is 12.3. The molecule has 8 nitrogen and oxygen atoms in total. The van der Waals surface area contributed by atoms with Gasteiger partial charge in [-0.15, -0.1) is 0 Å². The van der Waals surface area contributed by atoms with E-state index < -0.39 is 30.1 Å². The number of hydrogen-bond acceptors (Lipinski definition) is 8. The van der Waals surface area contributed by atoms with E-state index in [9.17, 15) is 8.42 Å². The Kier molecular flexibility index (Phi) is 14.7. The number of hydrogen-bond donors (Lipinski definition) is 0. The van der Waals surface area contributed by atoms with Crippen LogP contribution in [0, 0.1) is 37.7 Å². The molecule has 0 aliphatic rings. The number of ether oxygens (including phenoxy) is 4. The Balaban J connectivity index is 0.00000675. The second-order valence-corrected chi connectivity index (χ2v) is 18.3. The first-order valence-corrected chi connectivity index (χ1v) is 18.9. The minimum atomic E-state index is -3.62. The molecule has 0 fully saturated rings. The van der Waals surface area contributed by atoms with E-state index in [-0.39, 0.29) is 56.0 Å². The van der Waals surface area contributed by atoms with E-state index in [0.717, 1.165) is 34.4 Å². The first kappa shape index (κ1) is 38.5. The smallest absolute Gasteiger partial charge is 0.261 e. The van der Waals surface area contributed by atoms with Crippen molar-refractivity contribution in [3.63, 3.8) is 0 Å². The number of benzene rings is 3. The maximum atomic E-state index is 11.5. The molecule has 0 aliphatic carbocycles. The van der Waals surface area contributed by atoms with Crippen LogP contribution in [0.25, 0.3) is 0 Å². The van der Waals surface area contributed by atoms with Gasteiger partial charge in [-0.2, -0.15) is 15.0 Å². The van der Waals surface area contributed by atoms with E-state index in [1.807, 2.05) is 78.9 Å². The molecule has 0 aliphatic heterocycles. The fraction of sp³-hybridized carbons (Fsp3) is 0.424. The van der Waals surface area contributed by atoms with Crippen molar-refractivity contribution in [2.45, 2.75) is 50.6 Å². The predicted octanol–water partition coefficient (Wildman–Crippen LogP) is 6.56. The minimum Gasteiger partial charge on any atom is -0.544 e. The van der Waals surface area contributed by atoms with Crippen molar-refractivity contribution in [1.29, 1.82) is 0 Å². The van der Waals surface area contributed by atoms with Crippen LogP contribution in [-0.2, 0) is 33.8 Å². The summed E-state index contributed by atoms with van der Waals surface area (Å²) in [7, 11) is -2.49. The van der Waals surface area contributed by atoms with Gasteiger partial charge in [0.1, 0.15) is 17.1 Å². The molecule has 3 aromatic rings. The molecule has 0 saturated heterocycles. The fourth-order valence-electron chi connectivity index (χ4n) is 4.26. The van der Waals surface area contributed by atoms with Crippen molar-refractivity contribution in [3.05, 3.63) is 102 Å². The van der Waals surface area contributed by atoms with Gasteiger partial charge in [0.25, 0.3) is 10.1 Å². The van der Waals surface area contributed by atoms with Crippen LogP contribution in [0.5, 0.6) is 11.5 Å². The quantitative estimate of drug-likeness (QED) is 0.0527. The van der Waals surface area contributed by atoms with Crippen LogP contribution in [0.3, 0.4) is 0 Å². The summed E-state index contributed by atoms with van der Waals surface area (Å²) in [5.41, 5.74) is 1.65. The first-order valence-electron chi connectivity index (χ1n) is 14.2. The maximum Gasteiger partial charge on any atom is 0.261 e. The van der Waals surface area contributed by atoms with Crippen molar-refractivity contribution in [2.75, 3.05) is 40.3 Å². The molecule has 3 aromatic carbocycles. The van der Waals surface area contributed by atoms with Crippen LogP contribution < -0.4 is 9.47 Å². The van der Waals surface area contributed by atoms with Gasteiger partial charge in [0.2, 0.25) is 0 Å². The zero-order valence-corrected chi connectivity index (χ0v) is 32.9. The van der Waals surface area contributed by atoms with Gasteiger partial charge in [-0.05, 0) is 65.7 Å². The molecule has 0 radical (unpaired) electrons. The normalized spacial score (nSPS) is 13.2. The molecule has 240 valence electrons. The van der Waals surface area contributed by atoms with E-state index in [2.05, 4.69) is 33.9 Å². The Bertz CT molecular complexity index is 1330. The zero-order chi connectivity index (χ0) is 31.7. The average molecular weight is 868 g/mol. The summed E-state index contributed by atoms with van der Waals surface area (Å²) in [5.74, 6) is 1.45. The topological polar surface area (TPSA) is 89.5 Å². The summed E-state index contributed by atoms with van der Waals surface area (Å²) in [5, 5.41) is -0.0124. The van der Waals surface area contributed by atoms with Gasteiger partial charge >= 0.3 is 0 Å². The summed E-state index contributed by atoms with van der Waals surface area (Å²) in [4.78, 5) is 0. The number of methoxy groups -OCH3 is 2. The fourth-order valence-corrected chi connectivity index (χ4v) is 5.60. The van der Waals surface area contributed by atoms with E-state index >= 15 is 0 Å². The molecule has 0 aromatic heterocycles. The van der Waals surface area contributed by atoms with Crippen molar-refractivity contribution in [1.82, 2.24) is 0 Å². The second-order valence-electron chi connectivity index (χ2n) is 11.8. The molecule has 44 heavy (non-hydrogen) atoms. The largest absolute Gasteiger partial charge is 0.544 e. The molecular weight excluding hydrogens is 823 g/mol. The second kappa shape index (κ2) is 16.8. The van der Waals surface area contributed by atoms with Gasteiger partial charge in [0.15, 0.2) is 8.32 Å². The molecule has 0 heterocycles. The Morgan fingerprint density at radius 2 is 1.25 bits per heavy atom. The molecule has 3 rings (SSSR count). The monoisotopic (exact) mass is 867 g/mol. The minimum absolute atomic E-state index is 0. The summed E-state index contributed by atoms with van der Waals surface area (Å²) >= 11 is 0. The maximum absolute atomic E-state index is 11.5. The number of rotatable bonds is 16. The third-order valence-corrected chi connectivity index (χ3v) is 12.8. The van der Waals surface area contributed by atoms with Crippen molar-refractivity contribution >= 4 is 18.4 Å².